The zero-order valence-electron chi connectivity index (χ0n) is 8.10. The van der Waals surface area contributed by atoms with Crippen molar-refractivity contribution in [3.63, 3.8) is 0 Å². The molecule has 1 saturated heterocycles. The number of amides is 1. The Bertz CT molecular complexity index is 334. The van der Waals surface area contributed by atoms with Gasteiger partial charge in [-0.1, -0.05) is 5.21 Å². The number of aromatic nitrogens is 3. The molecule has 0 saturated carbocycles. The molecule has 2 heterocycles. The molecule has 6 nitrogen and oxygen atoms in total. The zero-order chi connectivity index (χ0) is 9.97. The molecular weight excluding hydrogens is 182 g/mol. The topological polar surface area (TPSA) is 63.0 Å². The second-order valence-electron chi connectivity index (χ2n) is 3.38. The van der Waals surface area contributed by atoms with E-state index in [1.54, 1.807) is 9.58 Å². The minimum absolute atomic E-state index is 0.127. The van der Waals surface area contributed by atoms with Crippen LogP contribution in [0.25, 0.3) is 0 Å². The highest BCUT2D eigenvalue weighted by Gasteiger charge is 2.18. The summed E-state index contributed by atoms with van der Waals surface area (Å²) in [6.07, 6.45) is 1.83. The second-order valence-corrected chi connectivity index (χ2v) is 3.38. The van der Waals surface area contributed by atoms with E-state index in [2.05, 4.69) is 15.6 Å². The van der Waals surface area contributed by atoms with Gasteiger partial charge < -0.3 is 10.2 Å². The van der Waals surface area contributed by atoms with E-state index in [0.717, 1.165) is 18.8 Å². The molecule has 14 heavy (non-hydrogen) atoms. The molecule has 1 amide bonds. The van der Waals surface area contributed by atoms with Crippen LogP contribution in [0.2, 0.25) is 0 Å². The summed E-state index contributed by atoms with van der Waals surface area (Å²) >= 11 is 0. The van der Waals surface area contributed by atoms with E-state index in [-0.39, 0.29) is 5.91 Å². The summed E-state index contributed by atoms with van der Waals surface area (Å²) in [4.78, 5) is 13.2. The monoisotopic (exact) mass is 195 g/mol. The fourth-order valence-electron chi connectivity index (χ4n) is 1.48. The van der Waals surface area contributed by atoms with Gasteiger partial charge in [-0.2, -0.15) is 0 Å². The Morgan fingerprint density at radius 1 is 1.64 bits per heavy atom. The van der Waals surface area contributed by atoms with Gasteiger partial charge in [0.15, 0.2) is 0 Å². The SMILES string of the molecule is Cn1cc(CN2CCNCC2=O)nn1. The van der Waals surface area contributed by atoms with E-state index < -0.39 is 0 Å². The van der Waals surface area contributed by atoms with Crippen molar-refractivity contribution in [3.05, 3.63) is 11.9 Å². The van der Waals surface area contributed by atoms with Crippen LogP contribution in [0.15, 0.2) is 6.20 Å². The Kier molecular flexibility index (Phi) is 2.45. The van der Waals surface area contributed by atoms with Gasteiger partial charge in [-0.05, 0) is 0 Å². The van der Waals surface area contributed by atoms with Crippen LogP contribution in [0.1, 0.15) is 5.69 Å². The first-order valence-electron chi connectivity index (χ1n) is 4.59. The Morgan fingerprint density at radius 2 is 2.50 bits per heavy atom. The summed E-state index contributed by atoms with van der Waals surface area (Å²) in [6, 6.07) is 0. The standard InChI is InChI=1S/C8H13N5O/c1-12-5-7(10-11-12)6-13-3-2-9-4-8(13)14/h5,9H,2-4,6H2,1H3. The Hall–Kier alpha value is -1.43. The molecule has 0 spiro atoms. The number of hydrogen-bond acceptors (Lipinski definition) is 4. The maximum absolute atomic E-state index is 11.4. The lowest BCUT2D eigenvalue weighted by molar-refractivity contribution is -0.132. The van der Waals surface area contributed by atoms with Crippen LogP contribution in [0.5, 0.6) is 0 Å². The molecule has 0 atom stereocenters. The van der Waals surface area contributed by atoms with Crippen LogP contribution < -0.4 is 5.32 Å². The summed E-state index contributed by atoms with van der Waals surface area (Å²) < 4.78 is 1.64. The Morgan fingerprint density at radius 3 is 3.14 bits per heavy atom. The van der Waals surface area contributed by atoms with Gasteiger partial charge in [0, 0.05) is 26.3 Å². The number of piperazine rings is 1. The number of hydrogen-bond donors (Lipinski definition) is 1. The first kappa shape index (κ1) is 9.14. The minimum Gasteiger partial charge on any atom is -0.334 e. The van der Waals surface area contributed by atoms with Crippen molar-refractivity contribution in [1.82, 2.24) is 25.2 Å². The van der Waals surface area contributed by atoms with Gasteiger partial charge >= 0.3 is 0 Å². The number of aryl methyl sites for hydroxylation is 1. The van der Waals surface area contributed by atoms with Crippen LogP contribution >= 0.6 is 0 Å². The van der Waals surface area contributed by atoms with Gasteiger partial charge in [0.25, 0.3) is 0 Å². The van der Waals surface area contributed by atoms with Gasteiger partial charge in [-0.3, -0.25) is 9.48 Å². The lowest BCUT2D eigenvalue weighted by Crippen LogP contribution is -2.47. The highest BCUT2D eigenvalue weighted by atomic mass is 16.2. The van der Waals surface area contributed by atoms with Crippen molar-refractivity contribution < 1.29 is 4.79 Å². The van der Waals surface area contributed by atoms with Crippen molar-refractivity contribution in [2.75, 3.05) is 19.6 Å². The summed E-state index contributed by atoms with van der Waals surface area (Å²) in [5.74, 6) is 0.127. The van der Waals surface area contributed by atoms with E-state index >= 15 is 0 Å². The largest absolute Gasteiger partial charge is 0.334 e. The molecular formula is C8H13N5O. The van der Waals surface area contributed by atoms with E-state index in [4.69, 9.17) is 0 Å². The molecule has 0 aliphatic carbocycles. The zero-order valence-corrected chi connectivity index (χ0v) is 8.10. The average molecular weight is 195 g/mol. The molecule has 1 aliphatic heterocycles. The third-order valence-electron chi connectivity index (χ3n) is 2.19. The fourth-order valence-corrected chi connectivity index (χ4v) is 1.48. The smallest absolute Gasteiger partial charge is 0.236 e. The number of carbonyl (C=O) groups is 1. The maximum atomic E-state index is 11.4. The van der Waals surface area contributed by atoms with Crippen molar-refractivity contribution in [1.29, 1.82) is 0 Å². The molecule has 76 valence electrons. The number of nitrogens with zero attached hydrogens (tertiary/aromatic N) is 4. The van der Waals surface area contributed by atoms with Crippen molar-refractivity contribution in [3.8, 4) is 0 Å². The van der Waals surface area contributed by atoms with Gasteiger partial charge in [-0.25, -0.2) is 0 Å². The highest BCUT2D eigenvalue weighted by molar-refractivity contribution is 5.78. The molecule has 1 aliphatic rings. The van der Waals surface area contributed by atoms with Gasteiger partial charge in [0.05, 0.1) is 13.1 Å². The summed E-state index contributed by atoms with van der Waals surface area (Å²) in [7, 11) is 1.82. The van der Waals surface area contributed by atoms with Crippen LogP contribution in [0.3, 0.4) is 0 Å². The van der Waals surface area contributed by atoms with Crippen molar-refractivity contribution >= 4 is 5.91 Å². The molecule has 0 aromatic carbocycles. The fraction of sp³-hybridized carbons (Fsp3) is 0.625. The van der Waals surface area contributed by atoms with Crippen molar-refractivity contribution in [2.45, 2.75) is 6.54 Å². The average Bonchev–Trinajstić information content (AvgIpc) is 2.56. The minimum atomic E-state index is 0.127. The first-order chi connectivity index (χ1) is 6.75. The van der Waals surface area contributed by atoms with Crippen molar-refractivity contribution in [2.24, 2.45) is 7.05 Å². The van der Waals surface area contributed by atoms with E-state index in [9.17, 15) is 4.79 Å². The van der Waals surface area contributed by atoms with E-state index in [1.807, 2.05) is 13.2 Å². The molecule has 1 N–H and O–H groups in total. The normalized spacial score (nSPS) is 17.5. The third kappa shape index (κ3) is 1.90. The summed E-state index contributed by atoms with van der Waals surface area (Å²) in [5, 5.41) is 10.8. The second kappa shape index (κ2) is 3.75. The quantitative estimate of drug-likeness (QED) is 0.640. The lowest BCUT2D eigenvalue weighted by Gasteiger charge is -2.26. The summed E-state index contributed by atoms with van der Waals surface area (Å²) in [5.41, 5.74) is 0.836. The van der Waals surface area contributed by atoms with Gasteiger partial charge in [0.1, 0.15) is 5.69 Å². The van der Waals surface area contributed by atoms with Crippen LogP contribution in [0, 0.1) is 0 Å². The number of carbonyl (C=O) groups excluding carboxylic acids is 1. The van der Waals surface area contributed by atoms with Crippen LogP contribution in [-0.2, 0) is 18.4 Å². The van der Waals surface area contributed by atoms with E-state index in [0.29, 0.717) is 13.1 Å². The molecule has 6 heteroatoms. The predicted molar refractivity (Wildman–Crippen MR) is 49.3 cm³/mol. The predicted octanol–water partition coefficient (Wildman–Crippen LogP) is -1.25. The molecule has 1 aromatic rings. The molecule has 0 unspecified atom stereocenters. The molecule has 1 aromatic heterocycles. The highest BCUT2D eigenvalue weighted by Crippen LogP contribution is 2.02. The van der Waals surface area contributed by atoms with Gasteiger partial charge in [-0.15, -0.1) is 5.10 Å². The van der Waals surface area contributed by atoms with Crippen LogP contribution in [0.4, 0.5) is 0 Å². The Balaban J connectivity index is 1.99. The number of nitrogens with one attached hydrogen (secondary N) is 1. The molecule has 0 bridgehead atoms. The van der Waals surface area contributed by atoms with Gasteiger partial charge in [0.2, 0.25) is 5.91 Å². The summed E-state index contributed by atoms with van der Waals surface area (Å²) in [6.45, 7) is 2.59. The maximum Gasteiger partial charge on any atom is 0.236 e. The molecule has 2 rings (SSSR count). The van der Waals surface area contributed by atoms with Crippen LogP contribution in [-0.4, -0.2) is 45.4 Å². The molecule has 1 fully saturated rings. The third-order valence-corrected chi connectivity index (χ3v) is 2.19. The Labute approximate surface area is 81.9 Å². The van der Waals surface area contributed by atoms with E-state index in [1.165, 1.54) is 0 Å². The molecule has 0 radical (unpaired) electrons. The first-order valence-corrected chi connectivity index (χ1v) is 4.59. The lowest BCUT2D eigenvalue weighted by atomic mass is 10.3. The number of rotatable bonds is 2.